The van der Waals surface area contributed by atoms with Gasteiger partial charge in [0.05, 0.1) is 22.9 Å². The summed E-state index contributed by atoms with van der Waals surface area (Å²) in [6, 6.07) is 14.4. The standard InChI is InChI=1S/C27H30FN5O4S/c1-18-6-8-19(9-7-18)23-24(32-38(34,35)22-12-10-20(11-13-22)27(2,3)4)33(5)31-25(23)36-14-15-37-26-29-16-21(28)17-30-26/h6-13,16-17,32H,14-15H2,1-5H3. The Morgan fingerprint density at radius 1 is 0.947 bits per heavy atom. The molecule has 0 aliphatic heterocycles. The van der Waals surface area contributed by atoms with Crippen LogP contribution >= 0.6 is 0 Å². The molecule has 0 aliphatic carbocycles. The van der Waals surface area contributed by atoms with E-state index in [1.807, 2.05) is 43.3 Å². The Hall–Kier alpha value is -3.99. The molecule has 0 saturated heterocycles. The molecule has 4 aromatic rings. The quantitative estimate of drug-likeness (QED) is 0.302. The normalized spacial score (nSPS) is 11.8. The van der Waals surface area contributed by atoms with E-state index in [-0.39, 0.29) is 41.2 Å². The zero-order valence-electron chi connectivity index (χ0n) is 21.9. The summed E-state index contributed by atoms with van der Waals surface area (Å²) >= 11 is 0. The van der Waals surface area contributed by atoms with Crippen LogP contribution in [0.25, 0.3) is 11.1 Å². The first-order chi connectivity index (χ1) is 17.9. The van der Waals surface area contributed by atoms with E-state index in [1.54, 1.807) is 19.2 Å². The first kappa shape index (κ1) is 27.1. The van der Waals surface area contributed by atoms with Crippen molar-refractivity contribution in [1.82, 2.24) is 19.7 Å². The molecule has 4 rings (SSSR count). The lowest BCUT2D eigenvalue weighted by molar-refractivity contribution is 0.200. The fraction of sp³-hybridized carbons (Fsp3) is 0.296. The Balaban J connectivity index is 1.60. The molecule has 0 aliphatic rings. The van der Waals surface area contributed by atoms with Crippen LogP contribution in [0.5, 0.6) is 11.9 Å². The first-order valence-corrected chi connectivity index (χ1v) is 13.4. The van der Waals surface area contributed by atoms with Gasteiger partial charge >= 0.3 is 6.01 Å². The smallest absolute Gasteiger partial charge is 0.316 e. The van der Waals surface area contributed by atoms with Crippen molar-refractivity contribution in [1.29, 1.82) is 0 Å². The summed E-state index contributed by atoms with van der Waals surface area (Å²) in [6.45, 7) is 8.30. The number of benzene rings is 2. The van der Waals surface area contributed by atoms with Gasteiger partial charge in [-0.25, -0.2) is 27.5 Å². The number of nitrogens with one attached hydrogen (secondary N) is 1. The highest BCUT2D eigenvalue weighted by molar-refractivity contribution is 7.92. The monoisotopic (exact) mass is 539 g/mol. The molecule has 0 fully saturated rings. The molecule has 9 nitrogen and oxygen atoms in total. The number of aryl methyl sites for hydroxylation is 2. The second-order valence-electron chi connectivity index (χ2n) is 9.78. The number of hydrogen-bond acceptors (Lipinski definition) is 7. The molecule has 38 heavy (non-hydrogen) atoms. The van der Waals surface area contributed by atoms with E-state index in [9.17, 15) is 12.8 Å². The molecule has 1 N–H and O–H groups in total. The van der Waals surface area contributed by atoms with Crippen LogP contribution in [0, 0.1) is 12.7 Å². The maximum Gasteiger partial charge on any atom is 0.316 e. The Kier molecular flexibility index (Phi) is 7.68. The molecule has 0 amide bonds. The molecule has 0 bridgehead atoms. The minimum Gasteiger partial charge on any atom is -0.472 e. The molecular weight excluding hydrogens is 509 g/mol. The number of sulfonamides is 1. The van der Waals surface area contributed by atoms with E-state index in [2.05, 4.69) is 40.6 Å². The lowest BCUT2D eigenvalue weighted by atomic mass is 9.87. The zero-order valence-corrected chi connectivity index (χ0v) is 22.7. The number of halogens is 1. The van der Waals surface area contributed by atoms with Crippen molar-refractivity contribution in [2.24, 2.45) is 7.05 Å². The molecular formula is C27H30FN5O4S. The van der Waals surface area contributed by atoms with Crippen LogP contribution in [-0.2, 0) is 22.5 Å². The lowest BCUT2D eigenvalue weighted by Crippen LogP contribution is -2.17. The third-order valence-corrected chi connectivity index (χ3v) is 7.12. The van der Waals surface area contributed by atoms with Gasteiger partial charge in [0, 0.05) is 7.05 Å². The van der Waals surface area contributed by atoms with Crippen molar-refractivity contribution in [2.45, 2.75) is 38.0 Å². The second-order valence-corrected chi connectivity index (χ2v) is 11.5. The van der Waals surface area contributed by atoms with E-state index in [4.69, 9.17) is 9.47 Å². The maximum atomic E-state index is 13.3. The molecule has 0 spiro atoms. The van der Waals surface area contributed by atoms with Crippen LogP contribution in [0.15, 0.2) is 65.8 Å². The summed E-state index contributed by atoms with van der Waals surface area (Å²) in [4.78, 5) is 7.62. The predicted molar refractivity (Wildman–Crippen MR) is 142 cm³/mol. The Bertz CT molecular complexity index is 1500. The predicted octanol–water partition coefficient (Wildman–Crippen LogP) is 4.88. The van der Waals surface area contributed by atoms with Crippen LogP contribution in [0.4, 0.5) is 10.2 Å². The minimum atomic E-state index is -3.93. The van der Waals surface area contributed by atoms with Gasteiger partial charge in [-0.3, -0.25) is 4.72 Å². The van der Waals surface area contributed by atoms with Crippen LogP contribution in [0.2, 0.25) is 0 Å². The van der Waals surface area contributed by atoms with Gasteiger partial charge in [-0.1, -0.05) is 62.7 Å². The van der Waals surface area contributed by atoms with Crippen LogP contribution in [0.3, 0.4) is 0 Å². The van der Waals surface area contributed by atoms with Gasteiger partial charge in [-0.05, 0) is 35.6 Å². The Morgan fingerprint density at radius 3 is 2.16 bits per heavy atom. The third kappa shape index (κ3) is 6.28. The Labute approximate surface area is 221 Å². The molecule has 0 atom stereocenters. The van der Waals surface area contributed by atoms with Gasteiger partial charge in [0.1, 0.15) is 19.0 Å². The van der Waals surface area contributed by atoms with Crippen molar-refractivity contribution < 1.29 is 22.3 Å². The molecule has 2 aromatic carbocycles. The van der Waals surface area contributed by atoms with Gasteiger partial charge < -0.3 is 9.47 Å². The summed E-state index contributed by atoms with van der Waals surface area (Å²) in [7, 11) is -2.29. The molecule has 2 aromatic heterocycles. The van der Waals surface area contributed by atoms with Crippen molar-refractivity contribution in [3.05, 3.63) is 77.9 Å². The second kappa shape index (κ2) is 10.8. The van der Waals surface area contributed by atoms with Crippen molar-refractivity contribution in [3.8, 4) is 23.0 Å². The molecule has 0 saturated carbocycles. The fourth-order valence-corrected chi connectivity index (χ4v) is 4.77. The number of anilines is 1. The summed E-state index contributed by atoms with van der Waals surface area (Å²) in [5, 5.41) is 4.42. The number of rotatable bonds is 9. The van der Waals surface area contributed by atoms with Crippen molar-refractivity contribution in [3.63, 3.8) is 0 Å². The summed E-state index contributed by atoms with van der Waals surface area (Å²) in [5.41, 5.74) is 3.19. The van der Waals surface area contributed by atoms with Gasteiger partial charge in [0.15, 0.2) is 5.82 Å². The zero-order chi connectivity index (χ0) is 27.5. The van der Waals surface area contributed by atoms with E-state index >= 15 is 0 Å². The average Bonchev–Trinajstić information content (AvgIpc) is 3.17. The number of hydrogen-bond donors (Lipinski definition) is 1. The van der Waals surface area contributed by atoms with E-state index in [0.717, 1.165) is 29.1 Å². The highest BCUT2D eigenvalue weighted by Gasteiger charge is 2.25. The largest absolute Gasteiger partial charge is 0.472 e. The van der Waals surface area contributed by atoms with Crippen molar-refractivity contribution in [2.75, 3.05) is 17.9 Å². The highest BCUT2D eigenvalue weighted by atomic mass is 32.2. The van der Waals surface area contributed by atoms with Gasteiger partial charge in [-0.15, -0.1) is 5.10 Å². The number of ether oxygens (including phenoxy) is 2. The summed E-state index contributed by atoms with van der Waals surface area (Å²) in [5.74, 6) is -0.0859. The number of nitrogens with zero attached hydrogens (tertiary/aromatic N) is 4. The first-order valence-electron chi connectivity index (χ1n) is 11.9. The molecule has 0 unspecified atom stereocenters. The lowest BCUT2D eigenvalue weighted by Gasteiger charge is -2.19. The highest BCUT2D eigenvalue weighted by Crippen LogP contribution is 2.38. The van der Waals surface area contributed by atoms with E-state index in [1.165, 1.54) is 4.68 Å². The van der Waals surface area contributed by atoms with E-state index < -0.39 is 15.8 Å². The Morgan fingerprint density at radius 2 is 1.55 bits per heavy atom. The average molecular weight is 540 g/mol. The fourth-order valence-electron chi connectivity index (χ4n) is 3.66. The topological polar surface area (TPSA) is 108 Å². The number of aromatic nitrogens is 4. The van der Waals surface area contributed by atoms with Crippen molar-refractivity contribution >= 4 is 15.8 Å². The molecule has 0 radical (unpaired) electrons. The minimum absolute atomic E-state index is 0.0145. The third-order valence-electron chi connectivity index (χ3n) is 5.77. The van der Waals surface area contributed by atoms with E-state index in [0.29, 0.717) is 5.56 Å². The SMILES string of the molecule is Cc1ccc(-c2c(OCCOc3ncc(F)cn3)nn(C)c2NS(=O)(=O)c2ccc(C(C)(C)C)cc2)cc1. The van der Waals surface area contributed by atoms with Crippen LogP contribution in [0.1, 0.15) is 31.9 Å². The van der Waals surface area contributed by atoms with Crippen LogP contribution < -0.4 is 14.2 Å². The molecule has 11 heteroatoms. The van der Waals surface area contributed by atoms with Gasteiger partial charge in [0.25, 0.3) is 10.0 Å². The van der Waals surface area contributed by atoms with Gasteiger partial charge in [0.2, 0.25) is 5.88 Å². The van der Waals surface area contributed by atoms with Crippen LogP contribution in [-0.4, -0.2) is 41.4 Å². The molecule has 200 valence electrons. The maximum absolute atomic E-state index is 13.3. The summed E-state index contributed by atoms with van der Waals surface area (Å²) in [6.07, 6.45) is 2.01. The summed E-state index contributed by atoms with van der Waals surface area (Å²) < 4.78 is 55.1. The molecule has 2 heterocycles. The van der Waals surface area contributed by atoms with Gasteiger partial charge in [-0.2, -0.15) is 0 Å².